The molecule has 4 heteroatoms. The summed E-state index contributed by atoms with van der Waals surface area (Å²) < 4.78 is 0. The van der Waals surface area contributed by atoms with Crippen LogP contribution in [0.1, 0.15) is 10.4 Å². The molecular formula is C12H14N2OS. The highest BCUT2D eigenvalue weighted by atomic mass is 32.2. The molecule has 84 valence electrons. The van der Waals surface area contributed by atoms with Gasteiger partial charge in [-0.05, 0) is 0 Å². The number of carbonyl (C=O) groups excluding carboxylic acids is 1. The number of thioether (sulfide) groups is 1. The van der Waals surface area contributed by atoms with Crippen LogP contribution in [-0.2, 0) is 0 Å². The van der Waals surface area contributed by atoms with Crippen LogP contribution >= 0.6 is 11.8 Å². The van der Waals surface area contributed by atoms with Gasteiger partial charge in [0.15, 0.2) is 11.0 Å². The summed E-state index contributed by atoms with van der Waals surface area (Å²) in [5, 5.41) is 0.976. The number of hydrogen-bond donors (Lipinski definition) is 0. The summed E-state index contributed by atoms with van der Waals surface area (Å²) in [5.41, 5.74) is 0.773. The van der Waals surface area contributed by atoms with Gasteiger partial charge in [0.1, 0.15) is 0 Å². The lowest BCUT2D eigenvalue weighted by Crippen LogP contribution is -2.30. The van der Waals surface area contributed by atoms with E-state index in [1.165, 1.54) is 0 Å². The fourth-order valence-electron chi connectivity index (χ4n) is 1.68. The van der Waals surface area contributed by atoms with Gasteiger partial charge in [0, 0.05) is 24.9 Å². The quantitative estimate of drug-likeness (QED) is 0.749. The first-order valence-corrected chi connectivity index (χ1v) is 6.22. The number of rotatable bonds is 3. The Kier molecular flexibility index (Phi) is 3.62. The van der Waals surface area contributed by atoms with Crippen LogP contribution in [0.5, 0.6) is 0 Å². The van der Waals surface area contributed by atoms with Gasteiger partial charge in [0.05, 0.1) is 6.54 Å². The van der Waals surface area contributed by atoms with Gasteiger partial charge >= 0.3 is 0 Å². The van der Waals surface area contributed by atoms with Crippen LogP contribution in [-0.4, -0.2) is 41.7 Å². The molecule has 1 aromatic carbocycles. The largest absolute Gasteiger partial charge is 0.343 e. The number of benzene rings is 1. The highest BCUT2D eigenvalue weighted by Crippen LogP contribution is 2.17. The van der Waals surface area contributed by atoms with Gasteiger partial charge in [-0.3, -0.25) is 9.79 Å². The SMILES string of the molecule is CN=C1SCCN1CC(=O)c1ccccc1. The maximum absolute atomic E-state index is 12.0. The number of carbonyl (C=O) groups is 1. The van der Waals surface area contributed by atoms with Gasteiger partial charge in [0.25, 0.3) is 0 Å². The fraction of sp³-hybridized carbons (Fsp3) is 0.333. The van der Waals surface area contributed by atoms with Crippen molar-refractivity contribution in [2.24, 2.45) is 4.99 Å². The van der Waals surface area contributed by atoms with Crippen molar-refractivity contribution in [2.75, 3.05) is 25.9 Å². The molecule has 0 bridgehead atoms. The van der Waals surface area contributed by atoms with E-state index in [-0.39, 0.29) is 5.78 Å². The van der Waals surface area contributed by atoms with Crippen LogP contribution in [0.2, 0.25) is 0 Å². The minimum atomic E-state index is 0.157. The maximum Gasteiger partial charge on any atom is 0.182 e. The van der Waals surface area contributed by atoms with E-state index < -0.39 is 0 Å². The maximum atomic E-state index is 12.0. The lowest BCUT2D eigenvalue weighted by molar-refractivity contribution is 0.0967. The fourth-order valence-corrected chi connectivity index (χ4v) is 2.64. The van der Waals surface area contributed by atoms with Gasteiger partial charge in [-0.15, -0.1) is 0 Å². The number of ketones is 1. The summed E-state index contributed by atoms with van der Waals surface area (Å²) in [6.45, 7) is 1.35. The zero-order valence-corrected chi connectivity index (χ0v) is 10.0. The summed E-state index contributed by atoms with van der Waals surface area (Å²) in [4.78, 5) is 18.2. The second-order valence-corrected chi connectivity index (χ2v) is 4.63. The molecule has 0 spiro atoms. The Morgan fingerprint density at radius 1 is 1.44 bits per heavy atom. The molecule has 0 aliphatic carbocycles. The van der Waals surface area contributed by atoms with Crippen molar-refractivity contribution < 1.29 is 4.79 Å². The molecule has 2 rings (SSSR count). The first-order valence-electron chi connectivity index (χ1n) is 5.24. The Morgan fingerprint density at radius 2 is 2.19 bits per heavy atom. The lowest BCUT2D eigenvalue weighted by Gasteiger charge is -2.16. The standard InChI is InChI=1S/C12H14N2OS/c1-13-12-14(7-8-16-12)9-11(15)10-5-3-2-4-6-10/h2-6H,7-9H2,1H3. The zero-order chi connectivity index (χ0) is 11.4. The minimum Gasteiger partial charge on any atom is -0.343 e. The first-order chi connectivity index (χ1) is 7.81. The number of aliphatic imine (C=N–C) groups is 1. The first kappa shape index (κ1) is 11.2. The second-order valence-electron chi connectivity index (χ2n) is 3.57. The third kappa shape index (κ3) is 2.44. The van der Waals surface area contributed by atoms with Crippen LogP contribution in [0.25, 0.3) is 0 Å². The molecule has 1 saturated heterocycles. The van der Waals surface area contributed by atoms with Crippen molar-refractivity contribution >= 4 is 22.7 Å². The van der Waals surface area contributed by atoms with E-state index >= 15 is 0 Å². The van der Waals surface area contributed by atoms with E-state index in [2.05, 4.69) is 4.99 Å². The molecule has 0 radical (unpaired) electrons. The molecule has 1 aliphatic heterocycles. The van der Waals surface area contributed by atoms with E-state index in [0.717, 1.165) is 23.0 Å². The summed E-state index contributed by atoms with van der Waals surface area (Å²) in [5.74, 6) is 1.18. The molecule has 0 aromatic heterocycles. The molecule has 0 saturated carbocycles. The van der Waals surface area contributed by atoms with Gasteiger partial charge in [-0.1, -0.05) is 42.1 Å². The van der Waals surface area contributed by atoms with Crippen molar-refractivity contribution in [1.29, 1.82) is 0 Å². The summed E-state index contributed by atoms with van der Waals surface area (Å²) in [7, 11) is 1.77. The molecule has 1 fully saturated rings. The van der Waals surface area contributed by atoms with Crippen molar-refractivity contribution in [3.8, 4) is 0 Å². The van der Waals surface area contributed by atoms with Crippen molar-refractivity contribution in [3.63, 3.8) is 0 Å². The molecular weight excluding hydrogens is 220 g/mol. The monoisotopic (exact) mass is 234 g/mol. The number of amidine groups is 1. The van der Waals surface area contributed by atoms with Gasteiger partial charge in [0.2, 0.25) is 0 Å². The molecule has 0 amide bonds. The molecule has 0 unspecified atom stereocenters. The Balaban J connectivity index is 2.03. The summed E-state index contributed by atoms with van der Waals surface area (Å²) in [6, 6.07) is 9.41. The van der Waals surface area contributed by atoms with Crippen LogP contribution in [0, 0.1) is 0 Å². The van der Waals surface area contributed by atoms with E-state index in [1.807, 2.05) is 35.2 Å². The number of hydrogen-bond acceptors (Lipinski definition) is 3. The molecule has 0 atom stereocenters. The minimum absolute atomic E-state index is 0.157. The topological polar surface area (TPSA) is 32.7 Å². The lowest BCUT2D eigenvalue weighted by atomic mass is 10.1. The molecule has 1 heterocycles. The number of nitrogens with zero attached hydrogens (tertiary/aromatic N) is 2. The summed E-state index contributed by atoms with van der Waals surface area (Å²) in [6.07, 6.45) is 0. The third-order valence-corrected chi connectivity index (χ3v) is 3.57. The molecule has 0 N–H and O–H groups in total. The smallest absolute Gasteiger partial charge is 0.182 e. The Labute approximate surface area is 99.6 Å². The van der Waals surface area contributed by atoms with Gasteiger partial charge in [-0.25, -0.2) is 0 Å². The Bertz CT molecular complexity index is 403. The van der Waals surface area contributed by atoms with Crippen LogP contribution in [0.3, 0.4) is 0 Å². The second kappa shape index (κ2) is 5.16. The molecule has 1 aromatic rings. The van der Waals surface area contributed by atoms with E-state index in [1.54, 1.807) is 18.8 Å². The third-order valence-electron chi connectivity index (χ3n) is 2.48. The van der Waals surface area contributed by atoms with Crippen molar-refractivity contribution in [1.82, 2.24) is 4.90 Å². The highest BCUT2D eigenvalue weighted by Gasteiger charge is 2.21. The van der Waals surface area contributed by atoms with E-state index in [4.69, 9.17) is 0 Å². The molecule has 3 nitrogen and oxygen atoms in total. The molecule has 16 heavy (non-hydrogen) atoms. The van der Waals surface area contributed by atoms with Crippen molar-refractivity contribution in [3.05, 3.63) is 35.9 Å². The van der Waals surface area contributed by atoms with Crippen LogP contribution in [0.4, 0.5) is 0 Å². The average Bonchev–Trinajstić information content (AvgIpc) is 2.77. The average molecular weight is 234 g/mol. The molecule has 1 aliphatic rings. The van der Waals surface area contributed by atoms with E-state index in [9.17, 15) is 4.79 Å². The van der Waals surface area contributed by atoms with Gasteiger partial charge in [-0.2, -0.15) is 0 Å². The summed E-state index contributed by atoms with van der Waals surface area (Å²) >= 11 is 1.71. The Hall–Kier alpha value is -1.29. The predicted octanol–water partition coefficient (Wildman–Crippen LogP) is 1.90. The van der Waals surface area contributed by atoms with E-state index in [0.29, 0.717) is 6.54 Å². The number of Topliss-reactive ketones (excluding diaryl/α,β-unsaturated/α-hetero) is 1. The van der Waals surface area contributed by atoms with Gasteiger partial charge < -0.3 is 4.90 Å². The Morgan fingerprint density at radius 3 is 2.88 bits per heavy atom. The van der Waals surface area contributed by atoms with Crippen LogP contribution in [0.15, 0.2) is 35.3 Å². The normalized spacial score (nSPS) is 18.1. The predicted molar refractivity (Wildman–Crippen MR) is 68.2 cm³/mol. The van der Waals surface area contributed by atoms with Crippen molar-refractivity contribution in [2.45, 2.75) is 0 Å². The highest BCUT2D eigenvalue weighted by molar-refractivity contribution is 8.14. The zero-order valence-electron chi connectivity index (χ0n) is 9.22. The van der Waals surface area contributed by atoms with Crippen LogP contribution < -0.4 is 0 Å².